The van der Waals surface area contributed by atoms with Gasteiger partial charge < -0.3 is 4.57 Å². The number of carbonyl (C=O) groups is 1. The predicted molar refractivity (Wildman–Crippen MR) is 125 cm³/mol. The number of ketones is 1. The Morgan fingerprint density at radius 3 is 2.48 bits per heavy atom. The lowest BCUT2D eigenvalue weighted by Gasteiger charge is -2.10. The van der Waals surface area contributed by atoms with E-state index in [0.717, 1.165) is 22.2 Å². The van der Waals surface area contributed by atoms with E-state index < -0.39 is 10.5 Å². The summed E-state index contributed by atoms with van der Waals surface area (Å²) in [6.45, 7) is -0.202. The summed E-state index contributed by atoms with van der Waals surface area (Å²) in [5.74, 6) is -0.226. The molecule has 5 rings (SSSR count). The first kappa shape index (κ1) is 20.3. The number of nitrogens with zero attached hydrogens (tertiary/aromatic N) is 4. The molecule has 0 unspecified atom stereocenters. The normalized spacial score (nSPS) is 11.2. The van der Waals surface area contributed by atoms with Crippen molar-refractivity contribution in [1.82, 2.24) is 14.1 Å². The van der Waals surface area contributed by atoms with Crippen molar-refractivity contribution >= 4 is 33.3 Å². The third kappa shape index (κ3) is 3.38. The summed E-state index contributed by atoms with van der Waals surface area (Å²) in [5.41, 5.74) is 2.77. The number of aromatic nitrogens is 3. The number of benzene rings is 3. The molecule has 8 nitrogen and oxygen atoms in total. The minimum atomic E-state index is -0.540. The number of non-ortho nitro benzene ring substituents is 1. The number of nitro benzene ring substituents is 1. The molecule has 0 saturated heterocycles. The van der Waals surface area contributed by atoms with Gasteiger partial charge in [-0.25, -0.2) is 4.98 Å². The van der Waals surface area contributed by atoms with Crippen LogP contribution in [0.2, 0.25) is 0 Å². The van der Waals surface area contributed by atoms with Crippen molar-refractivity contribution in [3.8, 4) is 11.3 Å². The first-order valence-corrected chi connectivity index (χ1v) is 10.3. The quantitative estimate of drug-likeness (QED) is 0.231. The zero-order valence-corrected chi connectivity index (χ0v) is 17.6. The van der Waals surface area contributed by atoms with Gasteiger partial charge in [-0.2, -0.15) is 0 Å². The van der Waals surface area contributed by atoms with Crippen LogP contribution < -0.4 is 5.56 Å². The van der Waals surface area contributed by atoms with Gasteiger partial charge in [0.05, 0.1) is 40.0 Å². The van der Waals surface area contributed by atoms with Gasteiger partial charge in [-0.3, -0.25) is 24.3 Å². The average molecular weight is 438 g/mol. The molecule has 3 aromatic carbocycles. The van der Waals surface area contributed by atoms with Crippen molar-refractivity contribution in [2.24, 2.45) is 7.05 Å². The van der Waals surface area contributed by atoms with E-state index in [-0.39, 0.29) is 28.9 Å². The molecule has 0 radical (unpaired) electrons. The molecule has 0 aliphatic heterocycles. The van der Waals surface area contributed by atoms with Gasteiger partial charge in [-0.05, 0) is 17.7 Å². The monoisotopic (exact) mass is 438 g/mol. The van der Waals surface area contributed by atoms with Gasteiger partial charge in [0, 0.05) is 30.1 Å². The fourth-order valence-electron chi connectivity index (χ4n) is 4.22. The summed E-state index contributed by atoms with van der Waals surface area (Å²) in [6, 6.07) is 21.2. The number of hydrogen-bond acceptors (Lipinski definition) is 5. The predicted octanol–water partition coefficient (Wildman–Crippen LogP) is 4.35. The SMILES string of the molecule is Cn1c(-c2ccccc2)c(C(=O)Cn2cnc3cc([N+](=O)[O-])ccc3c2=O)c2ccccc21. The zero-order chi connectivity index (χ0) is 23.1. The van der Waals surface area contributed by atoms with Crippen molar-refractivity contribution in [3.05, 3.63) is 105 Å². The largest absolute Gasteiger partial charge is 0.343 e. The number of aryl methyl sites for hydroxylation is 1. The van der Waals surface area contributed by atoms with Gasteiger partial charge in [-0.15, -0.1) is 0 Å². The molecule has 0 atom stereocenters. The maximum atomic E-state index is 13.6. The summed E-state index contributed by atoms with van der Waals surface area (Å²) in [7, 11) is 1.91. The third-order valence-electron chi connectivity index (χ3n) is 5.77. The van der Waals surface area contributed by atoms with Crippen LogP contribution in [0.5, 0.6) is 0 Å². The number of carbonyl (C=O) groups excluding carboxylic acids is 1. The maximum Gasteiger partial charge on any atom is 0.271 e. The van der Waals surface area contributed by atoms with Crippen LogP contribution in [-0.2, 0) is 13.6 Å². The molecule has 0 spiro atoms. The molecule has 8 heteroatoms. The fraction of sp³-hybridized carbons (Fsp3) is 0.0800. The first-order valence-electron chi connectivity index (χ1n) is 10.3. The molecule has 162 valence electrons. The lowest BCUT2D eigenvalue weighted by atomic mass is 10.0. The van der Waals surface area contributed by atoms with Crippen molar-refractivity contribution in [2.75, 3.05) is 0 Å². The summed E-state index contributed by atoms with van der Waals surface area (Å²) >= 11 is 0. The van der Waals surface area contributed by atoms with Crippen LogP contribution in [0, 0.1) is 10.1 Å². The van der Waals surface area contributed by atoms with Gasteiger partial charge in [0.15, 0.2) is 5.78 Å². The van der Waals surface area contributed by atoms with E-state index in [9.17, 15) is 19.7 Å². The molecule has 0 N–H and O–H groups in total. The standard InChI is InChI=1S/C25H18N4O4/c1-27-21-10-6-5-9-19(21)23(24(27)16-7-3-2-4-8-16)22(30)14-28-15-26-20-13-17(29(32)33)11-12-18(20)25(28)31/h2-13,15H,14H2,1H3. The fourth-order valence-corrected chi connectivity index (χ4v) is 4.22. The number of hydrogen-bond donors (Lipinski definition) is 0. The van der Waals surface area contributed by atoms with Crippen LogP contribution in [0.3, 0.4) is 0 Å². The molecule has 0 saturated carbocycles. The Morgan fingerprint density at radius 1 is 1.00 bits per heavy atom. The summed E-state index contributed by atoms with van der Waals surface area (Å²) < 4.78 is 3.23. The van der Waals surface area contributed by atoms with E-state index in [0.29, 0.717) is 5.56 Å². The Balaban J connectivity index is 1.63. The zero-order valence-electron chi connectivity index (χ0n) is 17.6. The Labute approximate surface area is 187 Å². The van der Waals surface area contributed by atoms with Gasteiger partial charge in [0.2, 0.25) is 0 Å². The van der Waals surface area contributed by atoms with Gasteiger partial charge in [0.1, 0.15) is 0 Å². The second-order valence-electron chi connectivity index (χ2n) is 7.73. The number of fused-ring (bicyclic) bond motifs is 2. The summed E-state index contributed by atoms with van der Waals surface area (Å²) in [5, 5.41) is 12.0. The minimum absolute atomic E-state index is 0.147. The second kappa shape index (κ2) is 7.83. The van der Waals surface area contributed by atoms with E-state index >= 15 is 0 Å². The Kier molecular flexibility index (Phi) is 4.82. The molecule has 2 heterocycles. The Morgan fingerprint density at radius 2 is 1.73 bits per heavy atom. The molecular weight excluding hydrogens is 420 g/mol. The van der Waals surface area contributed by atoms with Gasteiger partial charge in [-0.1, -0.05) is 48.5 Å². The van der Waals surface area contributed by atoms with Crippen LogP contribution >= 0.6 is 0 Å². The maximum absolute atomic E-state index is 13.6. The highest BCUT2D eigenvalue weighted by atomic mass is 16.6. The minimum Gasteiger partial charge on any atom is -0.343 e. The third-order valence-corrected chi connectivity index (χ3v) is 5.77. The van der Waals surface area contributed by atoms with Crippen molar-refractivity contribution < 1.29 is 9.72 Å². The van der Waals surface area contributed by atoms with E-state index in [2.05, 4.69) is 4.98 Å². The van der Waals surface area contributed by atoms with Gasteiger partial charge >= 0.3 is 0 Å². The highest BCUT2D eigenvalue weighted by molar-refractivity contribution is 6.13. The number of para-hydroxylation sites is 1. The van der Waals surface area contributed by atoms with Gasteiger partial charge in [0.25, 0.3) is 11.2 Å². The molecule has 2 aromatic heterocycles. The van der Waals surface area contributed by atoms with E-state index in [1.807, 2.05) is 66.2 Å². The van der Waals surface area contributed by atoms with Crippen LogP contribution in [0.4, 0.5) is 5.69 Å². The van der Waals surface area contributed by atoms with Crippen LogP contribution in [0.1, 0.15) is 10.4 Å². The number of nitro groups is 1. The number of rotatable bonds is 5. The van der Waals surface area contributed by atoms with E-state index in [1.165, 1.54) is 29.1 Å². The average Bonchev–Trinajstić information content (AvgIpc) is 3.14. The molecule has 33 heavy (non-hydrogen) atoms. The van der Waals surface area contributed by atoms with Crippen molar-refractivity contribution in [2.45, 2.75) is 6.54 Å². The molecular formula is C25H18N4O4. The van der Waals surface area contributed by atoms with Crippen molar-refractivity contribution in [1.29, 1.82) is 0 Å². The smallest absolute Gasteiger partial charge is 0.271 e. The topological polar surface area (TPSA) is 100 Å². The molecule has 0 aliphatic rings. The lowest BCUT2D eigenvalue weighted by molar-refractivity contribution is -0.384. The molecule has 0 bridgehead atoms. The number of Topliss-reactive ketones (excluding diaryl/α,β-unsaturated/α-hetero) is 1. The van der Waals surface area contributed by atoms with E-state index in [1.54, 1.807) is 0 Å². The molecule has 5 aromatic rings. The summed E-state index contributed by atoms with van der Waals surface area (Å²) in [4.78, 5) is 41.2. The van der Waals surface area contributed by atoms with Crippen LogP contribution in [0.15, 0.2) is 83.9 Å². The van der Waals surface area contributed by atoms with Crippen LogP contribution in [-0.4, -0.2) is 24.8 Å². The molecule has 0 fully saturated rings. The molecule has 0 aliphatic carbocycles. The summed E-state index contributed by atoms with van der Waals surface area (Å²) in [6.07, 6.45) is 1.26. The van der Waals surface area contributed by atoms with Crippen LogP contribution in [0.25, 0.3) is 33.1 Å². The lowest BCUT2D eigenvalue weighted by Crippen LogP contribution is -2.25. The first-order chi connectivity index (χ1) is 16.0. The second-order valence-corrected chi connectivity index (χ2v) is 7.73. The molecule has 0 amide bonds. The van der Waals surface area contributed by atoms with Crippen molar-refractivity contribution in [3.63, 3.8) is 0 Å². The highest BCUT2D eigenvalue weighted by Gasteiger charge is 2.23. The Hall–Kier alpha value is -4.59. The Bertz CT molecular complexity index is 1620. The highest BCUT2D eigenvalue weighted by Crippen LogP contribution is 2.33. The van der Waals surface area contributed by atoms with E-state index in [4.69, 9.17) is 0 Å².